The highest BCUT2D eigenvalue weighted by molar-refractivity contribution is 6.17. The lowest BCUT2D eigenvalue weighted by Crippen LogP contribution is -2.63. The van der Waals surface area contributed by atoms with E-state index in [-0.39, 0.29) is 53.1 Å². The standard InChI is InChI=1S/C37H38O6/c1-19(2)27-26(38)17-36(7)18-35(6)16-24-23(22-13-12-20-10-8-9-11-21(20)14-22)15-25(34(3,4)5)30(39)28(24)31(40)29(35)33(42)37(36,43)32(27)41/h8-15,38-39,42-43H,1,16-18H2,2-7H3/t35-,36+,37+/m1/s1. The molecule has 3 aromatic rings. The lowest BCUT2D eigenvalue weighted by atomic mass is 9.48. The molecule has 0 amide bonds. The van der Waals surface area contributed by atoms with Crippen molar-refractivity contribution < 1.29 is 30.0 Å². The van der Waals surface area contributed by atoms with Gasteiger partial charge in [0.25, 0.3) is 0 Å². The summed E-state index contributed by atoms with van der Waals surface area (Å²) in [5.74, 6) is -2.53. The van der Waals surface area contributed by atoms with E-state index in [0.717, 1.165) is 21.9 Å². The molecule has 6 rings (SSSR count). The summed E-state index contributed by atoms with van der Waals surface area (Å²) in [6.07, 6.45) is 0.335. The second-order valence-corrected chi connectivity index (χ2v) is 14.3. The molecule has 6 nitrogen and oxygen atoms in total. The van der Waals surface area contributed by atoms with Crippen LogP contribution in [0.25, 0.3) is 21.9 Å². The van der Waals surface area contributed by atoms with Crippen LogP contribution in [0, 0.1) is 10.8 Å². The molecule has 0 radical (unpaired) electrons. The van der Waals surface area contributed by atoms with Gasteiger partial charge in [0.2, 0.25) is 5.78 Å². The largest absolute Gasteiger partial charge is 0.512 e. The van der Waals surface area contributed by atoms with Crippen LogP contribution < -0.4 is 0 Å². The van der Waals surface area contributed by atoms with Crippen LogP contribution in [0.3, 0.4) is 0 Å². The molecule has 3 aliphatic carbocycles. The van der Waals surface area contributed by atoms with Crippen molar-refractivity contribution in [3.63, 3.8) is 0 Å². The summed E-state index contributed by atoms with van der Waals surface area (Å²) in [7, 11) is 0. The van der Waals surface area contributed by atoms with Crippen LogP contribution >= 0.6 is 0 Å². The first-order valence-corrected chi connectivity index (χ1v) is 14.7. The third kappa shape index (κ3) is 3.82. The van der Waals surface area contributed by atoms with Gasteiger partial charge in [-0.25, -0.2) is 0 Å². The van der Waals surface area contributed by atoms with E-state index in [4.69, 9.17) is 0 Å². The van der Waals surface area contributed by atoms with Crippen molar-refractivity contribution in [1.82, 2.24) is 0 Å². The minimum Gasteiger partial charge on any atom is -0.512 e. The second-order valence-electron chi connectivity index (χ2n) is 14.3. The summed E-state index contributed by atoms with van der Waals surface area (Å²) in [5.41, 5.74) is -2.17. The zero-order valence-electron chi connectivity index (χ0n) is 25.6. The van der Waals surface area contributed by atoms with Crippen molar-refractivity contribution in [2.24, 2.45) is 10.8 Å². The molecular formula is C37H38O6. The quantitative estimate of drug-likeness (QED) is 0.249. The van der Waals surface area contributed by atoms with Crippen molar-refractivity contribution in [3.8, 4) is 16.9 Å². The van der Waals surface area contributed by atoms with E-state index in [9.17, 15) is 30.0 Å². The van der Waals surface area contributed by atoms with Crippen LogP contribution in [0.1, 0.15) is 75.9 Å². The summed E-state index contributed by atoms with van der Waals surface area (Å²) in [6.45, 7) is 14.7. The van der Waals surface area contributed by atoms with Crippen molar-refractivity contribution in [3.05, 3.63) is 100 Å². The lowest BCUT2D eigenvalue weighted by molar-refractivity contribution is -0.157. The number of allylic oxidation sites excluding steroid dienone is 3. The molecule has 3 atom stereocenters. The molecule has 0 fully saturated rings. The average Bonchev–Trinajstić information content (AvgIpc) is 2.89. The molecule has 3 aliphatic rings. The fourth-order valence-electron chi connectivity index (χ4n) is 7.99. The van der Waals surface area contributed by atoms with E-state index in [1.165, 1.54) is 0 Å². The number of aliphatic hydroxyl groups is 3. The molecule has 43 heavy (non-hydrogen) atoms. The summed E-state index contributed by atoms with van der Waals surface area (Å²) in [4.78, 5) is 28.4. The van der Waals surface area contributed by atoms with Crippen molar-refractivity contribution in [2.75, 3.05) is 0 Å². The fraction of sp³-hybridized carbons (Fsp3) is 0.351. The Hall–Kier alpha value is -4.16. The second kappa shape index (κ2) is 8.93. The third-order valence-corrected chi connectivity index (χ3v) is 9.96. The number of hydrogen-bond donors (Lipinski definition) is 4. The molecule has 3 aromatic carbocycles. The normalized spacial score (nSPS) is 27.2. The molecule has 6 heteroatoms. The number of ketones is 2. The summed E-state index contributed by atoms with van der Waals surface area (Å²) in [5, 5.41) is 48.6. The van der Waals surface area contributed by atoms with Gasteiger partial charge in [0, 0.05) is 28.4 Å². The van der Waals surface area contributed by atoms with Crippen molar-refractivity contribution in [2.45, 2.75) is 71.8 Å². The first-order valence-electron chi connectivity index (χ1n) is 14.7. The Morgan fingerprint density at radius 3 is 2.21 bits per heavy atom. The summed E-state index contributed by atoms with van der Waals surface area (Å²) in [6, 6.07) is 16.1. The Morgan fingerprint density at radius 1 is 0.930 bits per heavy atom. The maximum atomic E-state index is 14.6. The summed E-state index contributed by atoms with van der Waals surface area (Å²) >= 11 is 0. The number of fused-ring (bicyclic) bond motifs is 4. The predicted octanol–water partition coefficient (Wildman–Crippen LogP) is 7.57. The first kappa shape index (κ1) is 28.9. The van der Waals surface area contributed by atoms with Crippen LogP contribution in [-0.2, 0) is 16.6 Å². The van der Waals surface area contributed by atoms with Gasteiger partial charge in [-0.05, 0) is 70.3 Å². The predicted molar refractivity (Wildman–Crippen MR) is 167 cm³/mol. The van der Waals surface area contributed by atoms with Gasteiger partial charge in [-0.2, -0.15) is 0 Å². The highest BCUT2D eigenvalue weighted by atomic mass is 16.3. The van der Waals surface area contributed by atoms with Crippen LogP contribution in [0.15, 0.2) is 83.3 Å². The number of rotatable bonds is 2. The smallest absolute Gasteiger partial charge is 0.206 e. The van der Waals surface area contributed by atoms with E-state index >= 15 is 0 Å². The van der Waals surface area contributed by atoms with Gasteiger partial charge in [0.15, 0.2) is 11.4 Å². The van der Waals surface area contributed by atoms with Gasteiger partial charge in [0.1, 0.15) is 17.3 Å². The lowest BCUT2D eigenvalue weighted by Gasteiger charge is -2.56. The number of phenolic OH excluding ortho intramolecular Hbond substituents is 1. The molecule has 0 bridgehead atoms. The third-order valence-electron chi connectivity index (χ3n) is 9.96. The van der Waals surface area contributed by atoms with E-state index in [1.54, 1.807) is 13.8 Å². The highest BCUT2D eigenvalue weighted by Crippen LogP contribution is 2.63. The molecular weight excluding hydrogens is 540 g/mol. The summed E-state index contributed by atoms with van der Waals surface area (Å²) < 4.78 is 0. The average molecular weight is 579 g/mol. The molecule has 0 saturated heterocycles. The zero-order chi connectivity index (χ0) is 31.4. The number of benzene rings is 3. The Bertz CT molecular complexity index is 1870. The Kier molecular flexibility index (Phi) is 6.01. The number of hydrogen-bond acceptors (Lipinski definition) is 6. The van der Waals surface area contributed by atoms with Gasteiger partial charge >= 0.3 is 0 Å². The van der Waals surface area contributed by atoms with E-state index in [0.29, 0.717) is 11.1 Å². The molecule has 0 saturated carbocycles. The van der Waals surface area contributed by atoms with E-state index in [2.05, 4.69) is 12.6 Å². The molecule has 4 N–H and O–H groups in total. The molecule has 0 unspecified atom stereocenters. The number of carbonyl (C=O) groups excluding carboxylic acids is 2. The topological polar surface area (TPSA) is 115 Å². The molecule has 0 aromatic heterocycles. The Balaban J connectivity index is 1.65. The van der Waals surface area contributed by atoms with Crippen LogP contribution in [0.2, 0.25) is 0 Å². The minimum absolute atomic E-state index is 0.0680. The maximum absolute atomic E-state index is 14.6. The van der Waals surface area contributed by atoms with Crippen LogP contribution in [0.4, 0.5) is 0 Å². The fourth-order valence-corrected chi connectivity index (χ4v) is 7.99. The molecule has 0 spiro atoms. The minimum atomic E-state index is -2.44. The number of aromatic hydroxyl groups is 1. The van der Waals surface area contributed by atoms with Gasteiger partial charge in [0.05, 0.1) is 11.1 Å². The molecule has 0 aliphatic heterocycles. The number of carbonyl (C=O) groups is 2. The number of aliphatic hydroxyl groups excluding tert-OH is 2. The van der Waals surface area contributed by atoms with Crippen LogP contribution in [-0.4, -0.2) is 37.6 Å². The van der Waals surface area contributed by atoms with Crippen molar-refractivity contribution in [1.29, 1.82) is 0 Å². The zero-order valence-corrected chi connectivity index (χ0v) is 25.6. The van der Waals surface area contributed by atoms with E-state index < -0.39 is 39.2 Å². The van der Waals surface area contributed by atoms with Crippen molar-refractivity contribution >= 4 is 22.3 Å². The Labute approximate surface area is 251 Å². The van der Waals surface area contributed by atoms with Gasteiger partial charge in [-0.1, -0.05) is 77.6 Å². The number of Topliss-reactive ketones (excluding diaryl/α,β-unsaturated/α-hetero) is 2. The Morgan fingerprint density at radius 2 is 1.58 bits per heavy atom. The first-order chi connectivity index (χ1) is 19.9. The SMILES string of the molecule is C=C(C)C1=C(O)C[C@@]2(C)C[C@@]3(C)Cc4c(-c5ccc6ccccc6c5)cc(C(C)(C)C)c(O)c4C(=O)C3=C(O)[C@@]2(O)C1=O. The van der Waals surface area contributed by atoms with Gasteiger partial charge in [-0.15, -0.1) is 0 Å². The monoisotopic (exact) mass is 578 g/mol. The van der Waals surface area contributed by atoms with Crippen LogP contribution in [0.5, 0.6) is 5.75 Å². The maximum Gasteiger partial charge on any atom is 0.206 e. The molecule has 222 valence electrons. The van der Waals surface area contributed by atoms with E-state index in [1.807, 2.05) is 70.2 Å². The molecule has 0 heterocycles. The number of phenols is 1. The highest BCUT2D eigenvalue weighted by Gasteiger charge is 2.67. The van der Waals surface area contributed by atoms with Gasteiger partial charge < -0.3 is 20.4 Å². The van der Waals surface area contributed by atoms with Gasteiger partial charge in [-0.3, -0.25) is 9.59 Å².